The van der Waals surface area contributed by atoms with Gasteiger partial charge in [-0.2, -0.15) is 15.6 Å². The van der Waals surface area contributed by atoms with Crippen molar-refractivity contribution in [3.63, 3.8) is 0 Å². The average molecular weight is 331 g/mol. The van der Waals surface area contributed by atoms with Crippen LogP contribution in [0.5, 0.6) is 0 Å². The van der Waals surface area contributed by atoms with Crippen LogP contribution < -0.4 is 10.7 Å². The van der Waals surface area contributed by atoms with Crippen LogP contribution in [-0.4, -0.2) is 17.4 Å². The zero-order valence-electron chi connectivity index (χ0n) is 13.3. The van der Waals surface area contributed by atoms with Crippen LogP contribution in [0.1, 0.15) is 27.6 Å². The second-order valence-corrected chi connectivity index (χ2v) is 4.97. The zero-order valence-corrected chi connectivity index (χ0v) is 13.3. The Kier molecular flexibility index (Phi) is 5.59. The van der Waals surface area contributed by atoms with Crippen molar-refractivity contribution in [3.05, 3.63) is 59.7 Å². The van der Waals surface area contributed by atoms with Crippen LogP contribution in [0, 0.1) is 22.7 Å². The summed E-state index contributed by atoms with van der Waals surface area (Å²) in [4.78, 5) is 23.7. The summed E-state index contributed by atoms with van der Waals surface area (Å²) in [5.74, 6) is -0.458. The van der Waals surface area contributed by atoms with Crippen molar-refractivity contribution in [2.45, 2.75) is 6.92 Å². The monoisotopic (exact) mass is 331 g/mol. The molecule has 0 heterocycles. The molecule has 2 aromatic carbocycles. The van der Waals surface area contributed by atoms with Crippen molar-refractivity contribution in [2.75, 3.05) is 10.7 Å². The van der Waals surface area contributed by atoms with E-state index in [0.29, 0.717) is 22.5 Å². The largest absolute Gasteiger partial charge is 0.322 e. The Morgan fingerprint density at radius 2 is 1.56 bits per heavy atom. The molecule has 0 aliphatic rings. The molecule has 0 spiro atoms. The summed E-state index contributed by atoms with van der Waals surface area (Å²) >= 11 is 0. The first-order chi connectivity index (χ1) is 12.0. The topological polar surface area (TPSA) is 118 Å². The molecule has 0 saturated heterocycles. The Labute approximate surface area is 144 Å². The van der Waals surface area contributed by atoms with Gasteiger partial charge in [-0.3, -0.25) is 15.0 Å². The van der Waals surface area contributed by atoms with Gasteiger partial charge < -0.3 is 5.32 Å². The number of nitriles is 2. The van der Waals surface area contributed by atoms with Gasteiger partial charge in [0.1, 0.15) is 12.1 Å². The number of ketones is 1. The normalized spacial score (nSPS) is 9.24. The second-order valence-electron chi connectivity index (χ2n) is 4.97. The smallest absolute Gasteiger partial charge is 0.255 e. The third-order valence-electron chi connectivity index (χ3n) is 3.16. The van der Waals surface area contributed by atoms with E-state index < -0.39 is 0 Å². The van der Waals surface area contributed by atoms with E-state index in [9.17, 15) is 9.59 Å². The van der Waals surface area contributed by atoms with Crippen LogP contribution in [0.2, 0.25) is 0 Å². The van der Waals surface area contributed by atoms with Gasteiger partial charge in [0.05, 0.1) is 5.69 Å². The van der Waals surface area contributed by atoms with Gasteiger partial charge >= 0.3 is 0 Å². The van der Waals surface area contributed by atoms with Gasteiger partial charge in [-0.15, -0.1) is 0 Å². The summed E-state index contributed by atoms with van der Waals surface area (Å²) in [5.41, 5.74) is 4.04. The highest BCUT2D eigenvalue weighted by atomic mass is 16.1. The number of anilines is 2. The maximum Gasteiger partial charge on any atom is 0.255 e. The van der Waals surface area contributed by atoms with E-state index in [0.717, 1.165) is 0 Å². The molecule has 0 aliphatic heterocycles. The van der Waals surface area contributed by atoms with Gasteiger partial charge in [-0.1, -0.05) is 18.2 Å². The summed E-state index contributed by atoms with van der Waals surface area (Å²) in [5, 5.41) is 23.6. The van der Waals surface area contributed by atoms with E-state index in [1.165, 1.54) is 13.0 Å². The predicted octanol–water partition coefficient (Wildman–Crippen LogP) is 2.96. The Morgan fingerprint density at radius 3 is 2.20 bits per heavy atom. The summed E-state index contributed by atoms with van der Waals surface area (Å²) in [6, 6.07) is 16.3. The number of hydrogen-bond donors (Lipinski definition) is 2. The summed E-state index contributed by atoms with van der Waals surface area (Å²) in [7, 11) is 0. The van der Waals surface area contributed by atoms with Crippen LogP contribution in [-0.2, 0) is 0 Å². The minimum absolute atomic E-state index is 0.0917. The first-order valence-corrected chi connectivity index (χ1v) is 7.20. The second kappa shape index (κ2) is 8.04. The predicted molar refractivity (Wildman–Crippen MR) is 93.1 cm³/mol. The standard InChI is InChI=1S/C18H13N5O2/c1-12(24)13-4-2-6-15(8-13)21-18(25)14-5-3-7-16(9-14)22-23-17(10-19)11-20/h2-9,22H,1H3,(H,21,25). The first-order valence-electron chi connectivity index (χ1n) is 7.20. The lowest BCUT2D eigenvalue weighted by molar-refractivity contribution is 0.101. The quantitative estimate of drug-likeness (QED) is 0.496. The molecule has 0 saturated carbocycles. The van der Waals surface area contributed by atoms with Crippen molar-refractivity contribution < 1.29 is 9.59 Å². The van der Waals surface area contributed by atoms with Crippen LogP contribution in [0.25, 0.3) is 0 Å². The van der Waals surface area contributed by atoms with Crippen molar-refractivity contribution in [1.29, 1.82) is 10.5 Å². The molecule has 0 aliphatic carbocycles. The third kappa shape index (κ3) is 4.75. The molecule has 1 amide bonds. The molecule has 122 valence electrons. The maximum absolute atomic E-state index is 12.3. The van der Waals surface area contributed by atoms with E-state index >= 15 is 0 Å². The Hall–Kier alpha value is -3.97. The Balaban J connectivity index is 2.15. The Bertz CT molecular complexity index is 919. The first kappa shape index (κ1) is 17.4. The molecule has 25 heavy (non-hydrogen) atoms. The number of Topliss-reactive ketones (excluding diaryl/α,β-unsaturated/α-hetero) is 1. The minimum atomic E-state index is -0.367. The van der Waals surface area contributed by atoms with Crippen molar-refractivity contribution >= 4 is 28.8 Å². The molecule has 0 radical (unpaired) electrons. The molecular formula is C18H13N5O2. The molecule has 2 N–H and O–H groups in total. The number of amides is 1. The van der Waals surface area contributed by atoms with E-state index in [4.69, 9.17) is 10.5 Å². The minimum Gasteiger partial charge on any atom is -0.322 e. The number of hydrogen-bond acceptors (Lipinski definition) is 6. The van der Waals surface area contributed by atoms with Crippen molar-refractivity contribution in [1.82, 2.24) is 0 Å². The third-order valence-corrected chi connectivity index (χ3v) is 3.16. The zero-order chi connectivity index (χ0) is 18.2. The van der Waals surface area contributed by atoms with Crippen LogP contribution >= 0.6 is 0 Å². The summed E-state index contributed by atoms with van der Waals surface area (Å²) < 4.78 is 0. The van der Waals surface area contributed by atoms with E-state index in [-0.39, 0.29) is 17.4 Å². The number of benzene rings is 2. The highest BCUT2D eigenvalue weighted by Gasteiger charge is 2.08. The van der Waals surface area contributed by atoms with Crippen LogP contribution in [0.15, 0.2) is 53.6 Å². The molecule has 0 bridgehead atoms. The highest BCUT2D eigenvalue weighted by molar-refractivity contribution is 6.10. The van der Waals surface area contributed by atoms with E-state index in [1.807, 2.05) is 0 Å². The SMILES string of the molecule is CC(=O)c1cccc(NC(=O)c2cccc(NN=C(C#N)C#N)c2)c1. The number of carbonyl (C=O) groups is 2. The van der Waals surface area contributed by atoms with Crippen molar-refractivity contribution in [2.24, 2.45) is 5.10 Å². The van der Waals surface area contributed by atoms with Gasteiger partial charge in [0.15, 0.2) is 5.78 Å². The molecule has 0 aromatic heterocycles. The Morgan fingerprint density at radius 1 is 0.960 bits per heavy atom. The number of rotatable bonds is 5. The molecule has 0 fully saturated rings. The lowest BCUT2D eigenvalue weighted by Crippen LogP contribution is -2.12. The van der Waals surface area contributed by atoms with E-state index in [2.05, 4.69) is 15.8 Å². The molecular weight excluding hydrogens is 318 g/mol. The van der Waals surface area contributed by atoms with Gasteiger partial charge in [0.25, 0.3) is 5.91 Å². The number of carbonyl (C=O) groups excluding carboxylic acids is 2. The lowest BCUT2D eigenvalue weighted by Gasteiger charge is -2.08. The molecule has 7 nitrogen and oxygen atoms in total. The molecule has 2 aromatic rings. The fraction of sp³-hybridized carbons (Fsp3) is 0.0556. The fourth-order valence-corrected chi connectivity index (χ4v) is 1.94. The number of hydrazone groups is 1. The van der Waals surface area contributed by atoms with Gasteiger partial charge in [-0.05, 0) is 37.3 Å². The van der Waals surface area contributed by atoms with Crippen LogP contribution in [0.4, 0.5) is 11.4 Å². The summed E-state index contributed by atoms with van der Waals surface area (Å²) in [6.45, 7) is 1.45. The van der Waals surface area contributed by atoms with Crippen LogP contribution in [0.3, 0.4) is 0 Å². The average Bonchev–Trinajstić information content (AvgIpc) is 2.63. The van der Waals surface area contributed by atoms with Gasteiger partial charge in [-0.25, -0.2) is 0 Å². The van der Waals surface area contributed by atoms with Gasteiger partial charge in [0.2, 0.25) is 5.71 Å². The number of nitrogens with one attached hydrogen (secondary N) is 2. The fourth-order valence-electron chi connectivity index (χ4n) is 1.94. The highest BCUT2D eigenvalue weighted by Crippen LogP contribution is 2.15. The number of nitrogens with zero attached hydrogens (tertiary/aromatic N) is 3. The molecule has 0 atom stereocenters. The molecule has 0 unspecified atom stereocenters. The lowest BCUT2D eigenvalue weighted by atomic mass is 10.1. The van der Waals surface area contributed by atoms with Crippen molar-refractivity contribution in [3.8, 4) is 12.1 Å². The van der Waals surface area contributed by atoms with E-state index in [1.54, 1.807) is 54.6 Å². The summed E-state index contributed by atoms with van der Waals surface area (Å²) in [6.07, 6.45) is 0. The molecule has 2 rings (SSSR count). The van der Waals surface area contributed by atoms with Gasteiger partial charge in [0, 0.05) is 16.8 Å². The molecule has 7 heteroatoms. The maximum atomic E-state index is 12.3.